The summed E-state index contributed by atoms with van der Waals surface area (Å²) in [4.78, 5) is 0. The summed E-state index contributed by atoms with van der Waals surface area (Å²) in [6.45, 7) is 2.16. The first-order valence-corrected chi connectivity index (χ1v) is 6.39. The maximum absolute atomic E-state index is 10.8. The van der Waals surface area contributed by atoms with E-state index in [0.717, 1.165) is 0 Å². The molecule has 12 heavy (non-hydrogen) atoms. The van der Waals surface area contributed by atoms with Gasteiger partial charge in [-0.05, 0) is 24.7 Å². The number of hydrogen-bond donors (Lipinski definition) is 1. The summed E-state index contributed by atoms with van der Waals surface area (Å²) in [5, 5.41) is 0. The van der Waals surface area contributed by atoms with E-state index in [2.05, 4.69) is 6.92 Å². The summed E-state index contributed by atoms with van der Waals surface area (Å²) in [5.41, 5.74) is 5.81. The van der Waals surface area contributed by atoms with Gasteiger partial charge < -0.3 is 5.73 Å². The number of hydrogen-bond acceptors (Lipinski definition) is 3. The third-order valence-electron chi connectivity index (χ3n) is 2.54. The fraction of sp³-hybridized carbons (Fsp3) is 1.00. The van der Waals surface area contributed by atoms with Crippen molar-refractivity contribution in [2.24, 2.45) is 17.6 Å². The van der Waals surface area contributed by atoms with E-state index in [1.807, 2.05) is 0 Å². The van der Waals surface area contributed by atoms with Crippen molar-refractivity contribution in [3.63, 3.8) is 0 Å². The van der Waals surface area contributed by atoms with Gasteiger partial charge >= 0.3 is 0 Å². The molecule has 1 aliphatic carbocycles. The van der Waals surface area contributed by atoms with Crippen molar-refractivity contribution in [1.82, 2.24) is 0 Å². The molecule has 72 valence electrons. The Morgan fingerprint density at radius 2 is 2.08 bits per heavy atom. The van der Waals surface area contributed by atoms with E-state index < -0.39 is 9.84 Å². The average Bonchev–Trinajstić information content (AvgIpc) is 2.60. The van der Waals surface area contributed by atoms with Gasteiger partial charge in [0.1, 0.15) is 9.84 Å². The summed E-state index contributed by atoms with van der Waals surface area (Å²) >= 11 is 0. The minimum Gasteiger partial charge on any atom is -0.327 e. The Labute approximate surface area is 74.3 Å². The van der Waals surface area contributed by atoms with Gasteiger partial charge in [0.15, 0.2) is 0 Å². The Hall–Kier alpha value is -0.0900. The molecule has 0 radical (unpaired) electrons. The first-order chi connectivity index (χ1) is 5.40. The van der Waals surface area contributed by atoms with E-state index in [1.165, 1.54) is 12.7 Å². The molecule has 0 aliphatic heterocycles. The molecule has 0 aromatic carbocycles. The summed E-state index contributed by atoms with van der Waals surface area (Å²) in [5.74, 6) is 1.52. The summed E-state index contributed by atoms with van der Waals surface area (Å²) in [7, 11) is -2.82. The number of rotatable bonds is 4. The monoisotopic (exact) mass is 191 g/mol. The molecule has 0 saturated heterocycles. The molecular weight excluding hydrogens is 174 g/mol. The van der Waals surface area contributed by atoms with Gasteiger partial charge in [-0.3, -0.25) is 0 Å². The van der Waals surface area contributed by atoms with Crippen LogP contribution < -0.4 is 5.73 Å². The van der Waals surface area contributed by atoms with Crippen LogP contribution in [0.25, 0.3) is 0 Å². The molecule has 3 atom stereocenters. The zero-order valence-electron chi connectivity index (χ0n) is 7.66. The Balaban J connectivity index is 2.24. The minimum absolute atomic E-state index is 0.0923. The fourth-order valence-electron chi connectivity index (χ4n) is 1.51. The van der Waals surface area contributed by atoms with Crippen LogP contribution in [-0.2, 0) is 9.84 Å². The van der Waals surface area contributed by atoms with Gasteiger partial charge in [0.2, 0.25) is 0 Å². The van der Waals surface area contributed by atoms with Crippen LogP contribution in [0.5, 0.6) is 0 Å². The smallest absolute Gasteiger partial charge is 0.147 e. The molecule has 0 heterocycles. The van der Waals surface area contributed by atoms with E-state index in [-0.39, 0.29) is 11.8 Å². The maximum Gasteiger partial charge on any atom is 0.147 e. The van der Waals surface area contributed by atoms with Gasteiger partial charge in [-0.2, -0.15) is 0 Å². The lowest BCUT2D eigenvalue weighted by Gasteiger charge is -2.08. The molecule has 1 fully saturated rings. The van der Waals surface area contributed by atoms with Crippen molar-refractivity contribution < 1.29 is 8.42 Å². The fourth-order valence-corrected chi connectivity index (χ4v) is 2.21. The number of nitrogens with two attached hydrogens (primary N) is 1. The van der Waals surface area contributed by atoms with Crippen LogP contribution in [0.3, 0.4) is 0 Å². The van der Waals surface area contributed by atoms with E-state index >= 15 is 0 Å². The molecular formula is C8H17NO2S. The van der Waals surface area contributed by atoms with Crippen LogP contribution in [0.4, 0.5) is 0 Å². The third-order valence-corrected chi connectivity index (χ3v) is 3.52. The zero-order chi connectivity index (χ0) is 9.35. The van der Waals surface area contributed by atoms with Crippen LogP contribution in [0.2, 0.25) is 0 Å². The van der Waals surface area contributed by atoms with Crippen LogP contribution in [0, 0.1) is 11.8 Å². The summed E-state index contributed by atoms with van der Waals surface area (Å²) < 4.78 is 21.6. The lowest BCUT2D eigenvalue weighted by Crippen LogP contribution is -2.26. The zero-order valence-corrected chi connectivity index (χ0v) is 8.47. The van der Waals surface area contributed by atoms with Crippen molar-refractivity contribution in [3.05, 3.63) is 0 Å². The van der Waals surface area contributed by atoms with Crippen LogP contribution >= 0.6 is 0 Å². The molecule has 0 spiro atoms. The first-order valence-electron chi connectivity index (χ1n) is 4.33. The second kappa shape index (κ2) is 3.34. The van der Waals surface area contributed by atoms with Gasteiger partial charge in [0, 0.05) is 12.3 Å². The Morgan fingerprint density at radius 1 is 1.58 bits per heavy atom. The Kier molecular flexibility index (Phi) is 2.78. The molecule has 0 bridgehead atoms. The molecule has 1 rings (SSSR count). The average molecular weight is 191 g/mol. The van der Waals surface area contributed by atoms with E-state index in [4.69, 9.17) is 5.73 Å². The van der Waals surface area contributed by atoms with Crippen LogP contribution in [0.15, 0.2) is 0 Å². The van der Waals surface area contributed by atoms with Gasteiger partial charge in [0.25, 0.3) is 0 Å². The molecule has 0 aromatic rings. The number of sulfone groups is 1. The molecule has 3 unspecified atom stereocenters. The highest BCUT2D eigenvalue weighted by Gasteiger charge is 2.37. The molecule has 4 heteroatoms. The second-order valence-electron chi connectivity index (χ2n) is 3.96. The summed E-state index contributed by atoms with van der Waals surface area (Å²) in [6.07, 6.45) is 3.05. The molecule has 1 aliphatic rings. The minimum atomic E-state index is -2.82. The predicted molar refractivity (Wildman–Crippen MR) is 49.6 cm³/mol. The highest BCUT2D eigenvalue weighted by molar-refractivity contribution is 7.90. The topological polar surface area (TPSA) is 60.2 Å². The van der Waals surface area contributed by atoms with Gasteiger partial charge in [0.05, 0.1) is 5.75 Å². The lowest BCUT2D eigenvalue weighted by atomic mass is 10.1. The van der Waals surface area contributed by atoms with E-state index in [1.54, 1.807) is 0 Å². The Morgan fingerprint density at radius 3 is 2.42 bits per heavy atom. The SMILES string of the molecule is CC1CC1C(N)CCS(C)(=O)=O. The van der Waals surface area contributed by atoms with Gasteiger partial charge in [-0.15, -0.1) is 0 Å². The molecule has 0 aromatic heterocycles. The molecule has 1 saturated carbocycles. The highest BCUT2D eigenvalue weighted by Crippen LogP contribution is 2.40. The van der Waals surface area contributed by atoms with Crippen LogP contribution in [-0.4, -0.2) is 26.5 Å². The predicted octanol–water partition coefficient (Wildman–Crippen LogP) is 0.404. The van der Waals surface area contributed by atoms with Crippen molar-refractivity contribution in [2.75, 3.05) is 12.0 Å². The second-order valence-corrected chi connectivity index (χ2v) is 6.22. The summed E-state index contributed by atoms with van der Waals surface area (Å²) in [6, 6.07) is 0.0923. The largest absolute Gasteiger partial charge is 0.327 e. The quantitative estimate of drug-likeness (QED) is 0.700. The molecule has 3 nitrogen and oxygen atoms in total. The third kappa shape index (κ3) is 3.11. The van der Waals surface area contributed by atoms with Gasteiger partial charge in [-0.1, -0.05) is 6.92 Å². The van der Waals surface area contributed by atoms with Crippen molar-refractivity contribution in [2.45, 2.75) is 25.8 Å². The Bertz CT molecular complexity index is 248. The first kappa shape index (κ1) is 9.99. The normalized spacial score (nSPS) is 31.6. The molecule has 2 N–H and O–H groups in total. The standard InChI is InChI=1S/C8H17NO2S/c1-6-5-7(6)8(9)3-4-12(2,10)11/h6-8H,3-5,9H2,1-2H3. The van der Waals surface area contributed by atoms with Gasteiger partial charge in [-0.25, -0.2) is 8.42 Å². The maximum atomic E-state index is 10.8. The van der Waals surface area contributed by atoms with Crippen molar-refractivity contribution in [1.29, 1.82) is 0 Å². The van der Waals surface area contributed by atoms with Crippen LogP contribution in [0.1, 0.15) is 19.8 Å². The highest BCUT2D eigenvalue weighted by atomic mass is 32.2. The van der Waals surface area contributed by atoms with Crippen molar-refractivity contribution >= 4 is 9.84 Å². The van der Waals surface area contributed by atoms with Crippen molar-refractivity contribution in [3.8, 4) is 0 Å². The lowest BCUT2D eigenvalue weighted by molar-refractivity contribution is 0.538. The van der Waals surface area contributed by atoms with E-state index in [9.17, 15) is 8.42 Å². The molecule has 0 amide bonds. The van der Waals surface area contributed by atoms with E-state index in [0.29, 0.717) is 18.3 Å².